The Morgan fingerprint density at radius 2 is 1.78 bits per heavy atom. The SMILES string of the molecule is Cc1ccc([C@H](Nc2c(Nc3ccc(C#N)c4c3C(=O)N(C)C4)c(=O)c2=O)C(C)(C)C)o1. The number of carbonyl (C=O) groups excluding carboxylic acids is 1. The Balaban J connectivity index is 1.72. The van der Waals surface area contributed by atoms with Gasteiger partial charge in [-0.05, 0) is 36.6 Å². The molecule has 1 amide bonds. The number of nitriles is 1. The molecule has 0 radical (unpaired) electrons. The lowest BCUT2D eigenvalue weighted by atomic mass is 9.85. The van der Waals surface area contributed by atoms with E-state index in [9.17, 15) is 19.6 Å². The zero-order valence-electron chi connectivity index (χ0n) is 18.6. The Morgan fingerprint density at radius 3 is 2.38 bits per heavy atom. The van der Waals surface area contributed by atoms with Crippen LogP contribution < -0.4 is 21.5 Å². The Bertz CT molecular complexity index is 1350. The summed E-state index contributed by atoms with van der Waals surface area (Å²) in [5.41, 5.74) is 0.401. The molecule has 1 aliphatic rings. The molecule has 164 valence electrons. The van der Waals surface area contributed by atoms with Crippen molar-refractivity contribution in [2.45, 2.75) is 40.3 Å². The first-order chi connectivity index (χ1) is 15.0. The molecule has 0 saturated heterocycles. The summed E-state index contributed by atoms with van der Waals surface area (Å²) in [6.45, 7) is 8.16. The molecule has 2 N–H and O–H groups in total. The van der Waals surface area contributed by atoms with Crippen molar-refractivity contribution in [1.29, 1.82) is 5.26 Å². The number of nitrogens with zero attached hydrogens (tertiary/aromatic N) is 2. The van der Waals surface area contributed by atoms with Crippen LogP contribution in [0.15, 0.2) is 38.3 Å². The van der Waals surface area contributed by atoms with Gasteiger partial charge in [0, 0.05) is 19.2 Å². The predicted molar refractivity (Wildman–Crippen MR) is 121 cm³/mol. The average Bonchev–Trinajstić information content (AvgIpc) is 3.29. The lowest BCUT2D eigenvalue weighted by molar-refractivity contribution is 0.0817. The van der Waals surface area contributed by atoms with Crippen molar-refractivity contribution in [2.75, 3.05) is 17.7 Å². The van der Waals surface area contributed by atoms with Crippen molar-refractivity contribution >= 4 is 23.0 Å². The predicted octanol–water partition coefficient (Wildman–Crippen LogP) is 3.58. The van der Waals surface area contributed by atoms with Crippen LogP contribution in [0, 0.1) is 23.7 Å². The van der Waals surface area contributed by atoms with Gasteiger partial charge in [0.2, 0.25) is 0 Å². The first kappa shape index (κ1) is 21.4. The highest BCUT2D eigenvalue weighted by atomic mass is 16.3. The first-order valence-corrected chi connectivity index (χ1v) is 10.3. The van der Waals surface area contributed by atoms with Gasteiger partial charge in [0.1, 0.15) is 22.9 Å². The van der Waals surface area contributed by atoms with E-state index in [0.29, 0.717) is 34.7 Å². The molecule has 1 aliphatic heterocycles. The van der Waals surface area contributed by atoms with E-state index in [4.69, 9.17) is 4.42 Å². The largest absolute Gasteiger partial charge is 0.464 e. The van der Waals surface area contributed by atoms with Crippen molar-refractivity contribution in [2.24, 2.45) is 5.41 Å². The van der Waals surface area contributed by atoms with Crippen molar-refractivity contribution in [1.82, 2.24) is 4.90 Å². The van der Waals surface area contributed by atoms with Crippen LogP contribution in [0.3, 0.4) is 0 Å². The molecule has 2 aromatic carbocycles. The Hall–Kier alpha value is -3.86. The second-order valence-corrected chi connectivity index (χ2v) is 9.21. The molecular formula is C24H24N4O4. The van der Waals surface area contributed by atoms with Gasteiger partial charge in [-0.15, -0.1) is 0 Å². The lowest BCUT2D eigenvalue weighted by Gasteiger charge is -2.31. The Kier molecular flexibility index (Phi) is 4.93. The maximum atomic E-state index is 12.7. The van der Waals surface area contributed by atoms with E-state index >= 15 is 0 Å². The monoisotopic (exact) mass is 432 g/mol. The van der Waals surface area contributed by atoms with Crippen molar-refractivity contribution in [3.63, 3.8) is 0 Å². The number of rotatable bonds is 5. The van der Waals surface area contributed by atoms with Crippen molar-refractivity contribution < 1.29 is 9.21 Å². The van der Waals surface area contributed by atoms with Crippen LogP contribution >= 0.6 is 0 Å². The third-order valence-corrected chi connectivity index (χ3v) is 5.76. The number of amides is 1. The summed E-state index contributed by atoms with van der Waals surface area (Å²) in [5.74, 6) is 1.16. The zero-order chi connectivity index (χ0) is 23.4. The molecule has 1 aromatic heterocycles. The molecule has 0 fully saturated rings. The number of fused-ring (bicyclic) bond motifs is 1. The van der Waals surface area contributed by atoms with Gasteiger partial charge in [0.25, 0.3) is 16.8 Å². The molecule has 4 rings (SSSR count). The van der Waals surface area contributed by atoms with Crippen LogP contribution in [0.5, 0.6) is 0 Å². The summed E-state index contributed by atoms with van der Waals surface area (Å²) < 4.78 is 5.79. The molecule has 0 spiro atoms. The maximum absolute atomic E-state index is 12.7. The minimum absolute atomic E-state index is 0.0989. The van der Waals surface area contributed by atoms with E-state index in [0.717, 1.165) is 5.76 Å². The van der Waals surface area contributed by atoms with Gasteiger partial charge in [-0.25, -0.2) is 0 Å². The summed E-state index contributed by atoms with van der Waals surface area (Å²) in [4.78, 5) is 39.1. The molecule has 0 unspecified atom stereocenters. The number of nitrogens with one attached hydrogen (secondary N) is 2. The van der Waals surface area contributed by atoms with Crippen LogP contribution in [0.1, 0.15) is 59.8 Å². The van der Waals surface area contributed by atoms with Gasteiger partial charge in [-0.3, -0.25) is 14.4 Å². The van der Waals surface area contributed by atoms with E-state index in [1.54, 1.807) is 19.2 Å². The number of anilines is 3. The molecule has 32 heavy (non-hydrogen) atoms. The molecule has 0 saturated carbocycles. The summed E-state index contributed by atoms with van der Waals surface area (Å²) in [6.07, 6.45) is 0. The second-order valence-electron chi connectivity index (χ2n) is 9.21. The van der Waals surface area contributed by atoms with Gasteiger partial charge in [-0.2, -0.15) is 5.26 Å². The van der Waals surface area contributed by atoms with Gasteiger partial charge >= 0.3 is 0 Å². The Labute approximate surface area is 185 Å². The molecule has 0 bridgehead atoms. The fourth-order valence-corrected chi connectivity index (χ4v) is 4.02. The summed E-state index contributed by atoms with van der Waals surface area (Å²) in [7, 11) is 1.65. The molecular weight excluding hydrogens is 408 g/mol. The minimum Gasteiger partial charge on any atom is -0.464 e. The van der Waals surface area contributed by atoms with E-state index in [1.807, 2.05) is 39.8 Å². The average molecular weight is 432 g/mol. The third kappa shape index (κ3) is 3.36. The number of hydrogen-bond donors (Lipinski definition) is 2. The first-order valence-electron chi connectivity index (χ1n) is 10.3. The smallest absolute Gasteiger partial charge is 0.256 e. The quantitative estimate of drug-likeness (QED) is 0.592. The summed E-state index contributed by atoms with van der Waals surface area (Å²) >= 11 is 0. The number of aryl methyl sites for hydroxylation is 1. The molecule has 1 atom stereocenters. The highest BCUT2D eigenvalue weighted by molar-refractivity contribution is 6.05. The molecule has 2 heterocycles. The third-order valence-electron chi connectivity index (χ3n) is 5.76. The topological polar surface area (TPSA) is 115 Å². The highest BCUT2D eigenvalue weighted by Crippen LogP contribution is 2.39. The number of carbonyl (C=O) groups is 1. The van der Waals surface area contributed by atoms with Crippen LogP contribution in [0.4, 0.5) is 17.1 Å². The van der Waals surface area contributed by atoms with Crippen molar-refractivity contribution in [3.05, 3.63) is 72.9 Å². The number of benzene rings is 1. The van der Waals surface area contributed by atoms with Gasteiger partial charge in [-0.1, -0.05) is 20.8 Å². The van der Waals surface area contributed by atoms with Gasteiger partial charge in [0.15, 0.2) is 0 Å². The van der Waals surface area contributed by atoms with Crippen LogP contribution in [0.25, 0.3) is 0 Å². The summed E-state index contributed by atoms with van der Waals surface area (Å²) in [5, 5.41) is 15.6. The van der Waals surface area contributed by atoms with Crippen LogP contribution in [0.2, 0.25) is 0 Å². The van der Waals surface area contributed by atoms with Gasteiger partial charge in [0.05, 0.1) is 28.9 Å². The highest BCUT2D eigenvalue weighted by Gasteiger charge is 2.34. The fraction of sp³-hybridized carbons (Fsp3) is 0.333. The standard InChI is InChI=1S/C24H24N4O4/c1-12-6-9-16(32-12)22(24(2,3)4)27-19-18(20(29)21(19)30)26-15-8-7-13(10-25)14-11-28(5)23(31)17(14)15/h6-9,22,26-27H,11H2,1-5H3/t22-/m0/s1. The van der Waals surface area contributed by atoms with E-state index in [-0.39, 0.29) is 28.7 Å². The van der Waals surface area contributed by atoms with Crippen molar-refractivity contribution in [3.8, 4) is 6.07 Å². The van der Waals surface area contributed by atoms with Crippen LogP contribution in [-0.4, -0.2) is 17.9 Å². The maximum Gasteiger partial charge on any atom is 0.256 e. The van der Waals surface area contributed by atoms with Crippen LogP contribution in [-0.2, 0) is 6.54 Å². The molecule has 8 heteroatoms. The lowest BCUT2D eigenvalue weighted by Crippen LogP contribution is -2.39. The van der Waals surface area contributed by atoms with E-state index in [1.165, 1.54) is 4.90 Å². The van der Waals surface area contributed by atoms with E-state index in [2.05, 4.69) is 16.7 Å². The fourth-order valence-electron chi connectivity index (χ4n) is 4.02. The van der Waals surface area contributed by atoms with Gasteiger partial charge < -0.3 is 20.0 Å². The second kappa shape index (κ2) is 7.38. The molecule has 8 nitrogen and oxygen atoms in total. The number of hydrogen-bond acceptors (Lipinski definition) is 7. The Morgan fingerprint density at radius 1 is 1.09 bits per heavy atom. The zero-order valence-corrected chi connectivity index (χ0v) is 18.6. The van der Waals surface area contributed by atoms with E-state index < -0.39 is 10.9 Å². The number of furan rings is 1. The minimum atomic E-state index is -0.660. The molecule has 0 aliphatic carbocycles. The summed E-state index contributed by atoms with van der Waals surface area (Å²) in [6, 6.07) is 8.63. The molecule has 3 aromatic rings. The normalized spacial score (nSPS) is 14.4.